The number of carbonyl (C=O) groups excluding carboxylic acids is 2. The van der Waals surface area contributed by atoms with Gasteiger partial charge in [-0.2, -0.15) is 13.2 Å². The number of halogens is 4. The van der Waals surface area contributed by atoms with Gasteiger partial charge in [0.1, 0.15) is 5.88 Å². The van der Waals surface area contributed by atoms with Crippen molar-refractivity contribution in [1.82, 2.24) is 0 Å². The highest BCUT2D eigenvalue weighted by molar-refractivity contribution is 6.54. The Hall–Kier alpha value is -2.87. The van der Waals surface area contributed by atoms with Crippen LogP contribution >= 0.6 is 11.6 Å². The second kappa shape index (κ2) is 7.63. The molecular weight excluding hydrogens is 397 g/mol. The summed E-state index contributed by atoms with van der Waals surface area (Å²) in [5.74, 6) is -1.84. The van der Waals surface area contributed by atoms with E-state index in [4.69, 9.17) is 11.6 Å². The first-order chi connectivity index (χ1) is 13.2. The van der Waals surface area contributed by atoms with Gasteiger partial charge in [-0.3, -0.25) is 4.79 Å². The van der Waals surface area contributed by atoms with Crippen LogP contribution in [0.5, 0.6) is 0 Å². The third-order valence-corrected chi connectivity index (χ3v) is 4.31. The summed E-state index contributed by atoms with van der Waals surface area (Å²) >= 11 is 5.36. The number of hydrogen-bond donors (Lipinski definition) is 0. The van der Waals surface area contributed by atoms with Crippen molar-refractivity contribution in [1.29, 1.82) is 0 Å². The summed E-state index contributed by atoms with van der Waals surface area (Å²) in [6.07, 6.45) is -4.48. The molecule has 0 bridgehead atoms. The molecule has 0 radical (unpaired) electrons. The number of anilines is 1. The van der Waals surface area contributed by atoms with Crippen molar-refractivity contribution < 1.29 is 27.6 Å². The van der Waals surface area contributed by atoms with Crippen LogP contribution in [-0.4, -0.2) is 23.5 Å². The topological polar surface area (TPSA) is 59.0 Å². The zero-order chi connectivity index (χ0) is 20.5. The molecule has 2 aromatic rings. The predicted molar refractivity (Wildman–Crippen MR) is 97.2 cm³/mol. The zero-order valence-electron chi connectivity index (χ0n) is 14.6. The monoisotopic (exact) mass is 410 g/mol. The fourth-order valence-corrected chi connectivity index (χ4v) is 2.87. The summed E-state index contributed by atoms with van der Waals surface area (Å²) in [6, 6.07) is 9.85. The van der Waals surface area contributed by atoms with Crippen LogP contribution in [0, 0.1) is 6.92 Å². The maximum absolute atomic E-state index is 13.0. The van der Waals surface area contributed by atoms with Crippen LogP contribution in [0.25, 0.3) is 0 Å². The largest absolute Gasteiger partial charge is 0.416 e. The lowest BCUT2D eigenvalue weighted by atomic mass is 10.1. The van der Waals surface area contributed by atoms with Crippen molar-refractivity contribution in [2.75, 3.05) is 10.8 Å². The Labute approximate surface area is 163 Å². The van der Waals surface area contributed by atoms with E-state index >= 15 is 0 Å². The van der Waals surface area contributed by atoms with Crippen LogP contribution in [-0.2, 0) is 27.1 Å². The summed E-state index contributed by atoms with van der Waals surface area (Å²) in [4.78, 5) is 30.0. The van der Waals surface area contributed by atoms with Gasteiger partial charge in [-0.15, -0.1) is 11.6 Å². The minimum Gasteiger partial charge on any atom is -0.316 e. The molecule has 0 spiro atoms. The number of aryl methyl sites for hydroxylation is 1. The minimum atomic E-state index is -4.48. The summed E-state index contributed by atoms with van der Waals surface area (Å²) in [5, 5.41) is 3.62. The van der Waals surface area contributed by atoms with Crippen molar-refractivity contribution in [2.45, 2.75) is 19.6 Å². The Morgan fingerprint density at radius 2 is 1.96 bits per heavy atom. The number of carbonyl (C=O) groups is 2. The molecule has 0 atom stereocenters. The molecule has 2 aromatic carbocycles. The summed E-state index contributed by atoms with van der Waals surface area (Å²) in [7, 11) is 0. The molecule has 1 aliphatic heterocycles. The Balaban J connectivity index is 1.97. The Bertz CT molecular complexity index is 973. The summed E-state index contributed by atoms with van der Waals surface area (Å²) < 4.78 is 38.9. The lowest BCUT2D eigenvalue weighted by Crippen LogP contribution is -2.30. The molecular formula is C19H14ClF3N2O3. The molecule has 3 rings (SSSR count). The lowest BCUT2D eigenvalue weighted by Gasteiger charge is -2.18. The molecule has 5 nitrogen and oxygen atoms in total. The van der Waals surface area contributed by atoms with Crippen LogP contribution < -0.4 is 4.90 Å². The second-order valence-corrected chi connectivity index (χ2v) is 6.41. The van der Waals surface area contributed by atoms with E-state index in [1.165, 1.54) is 17.0 Å². The minimum absolute atomic E-state index is 0.0959. The molecule has 0 unspecified atom stereocenters. The molecule has 0 saturated carbocycles. The number of nitrogens with zero attached hydrogens (tertiary/aromatic N) is 2. The average Bonchev–Trinajstić information content (AvgIpc) is 2.90. The number of fused-ring (bicyclic) bond motifs is 1. The first-order valence-electron chi connectivity index (χ1n) is 8.13. The van der Waals surface area contributed by atoms with Crippen molar-refractivity contribution in [2.24, 2.45) is 5.16 Å². The third kappa shape index (κ3) is 4.01. The van der Waals surface area contributed by atoms with Gasteiger partial charge >= 0.3 is 12.1 Å². The van der Waals surface area contributed by atoms with Gasteiger partial charge in [0.15, 0.2) is 5.71 Å². The highest BCUT2D eigenvalue weighted by Gasteiger charge is 2.36. The Kier molecular flexibility index (Phi) is 5.42. The van der Waals surface area contributed by atoms with E-state index in [0.717, 1.165) is 17.7 Å². The Morgan fingerprint density at radius 3 is 2.64 bits per heavy atom. The number of hydrogen-bond acceptors (Lipinski definition) is 4. The number of alkyl halides is 4. The van der Waals surface area contributed by atoms with Gasteiger partial charge < -0.3 is 9.74 Å². The van der Waals surface area contributed by atoms with Gasteiger partial charge in [0, 0.05) is 5.56 Å². The maximum atomic E-state index is 13.0. The van der Waals surface area contributed by atoms with Crippen LogP contribution in [0.15, 0.2) is 47.6 Å². The van der Waals surface area contributed by atoms with E-state index in [1.54, 1.807) is 18.2 Å². The first kappa shape index (κ1) is 19.9. The molecule has 0 aliphatic carbocycles. The lowest BCUT2D eigenvalue weighted by molar-refractivity contribution is -0.140. The van der Waals surface area contributed by atoms with Crippen LogP contribution in [0.2, 0.25) is 0 Å². The smallest absolute Gasteiger partial charge is 0.316 e. The van der Waals surface area contributed by atoms with Crippen molar-refractivity contribution >= 4 is 34.9 Å². The summed E-state index contributed by atoms with van der Waals surface area (Å²) in [6.45, 7) is 1.71. The van der Waals surface area contributed by atoms with Gasteiger partial charge in [0.25, 0.3) is 5.91 Å². The zero-order valence-corrected chi connectivity index (χ0v) is 15.3. The second-order valence-electron chi connectivity index (χ2n) is 6.15. The van der Waals surface area contributed by atoms with E-state index in [0.29, 0.717) is 16.8 Å². The average molecular weight is 411 g/mol. The van der Waals surface area contributed by atoms with Gasteiger partial charge in [-0.25, -0.2) is 4.79 Å². The van der Waals surface area contributed by atoms with Gasteiger partial charge in [-0.05, 0) is 36.8 Å². The standard InChI is InChI=1S/C19H14ClF3N2O3/c1-11-5-6-15-14(7-11)17(24-28-16(26)9-20)18(27)25(15)10-12-3-2-4-13(8-12)19(21,22)23/h2-8H,9-10H2,1H3. The van der Waals surface area contributed by atoms with Crippen LogP contribution in [0.3, 0.4) is 0 Å². The van der Waals surface area contributed by atoms with Crippen molar-refractivity contribution in [3.05, 3.63) is 64.7 Å². The summed E-state index contributed by atoms with van der Waals surface area (Å²) in [5.41, 5.74) is 1.13. The van der Waals surface area contributed by atoms with Crippen molar-refractivity contribution in [3.8, 4) is 0 Å². The van der Waals surface area contributed by atoms with Gasteiger partial charge in [-0.1, -0.05) is 28.9 Å². The number of benzene rings is 2. The normalized spacial score (nSPS) is 15.1. The number of rotatable bonds is 4. The molecule has 1 aliphatic rings. The molecule has 28 heavy (non-hydrogen) atoms. The molecule has 9 heteroatoms. The molecule has 0 N–H and O–H groups in total. The van der Waals surface area contributed by atoms with E-state index < -0.39 is 29.5 Å². The Morgan fingerprint density at radius 1 is 1.21 bits per heavy atom. The highest BCUT2D eigenvalue weighted by Crippen LogP contribution is 2.33. The third-order valence-electron chi connectivity index (χ3n) is 4.09. The maximum Gasteiger partial charge on any atom is 0.416 e. The fourth-order valence-electron chi connectivity index (χ4n) is 2.82. The van der Waals surface area contributed by atoms with Crippen LogP contribution in [0.1, 0.15) is 22.3 Å². The number of oxime groups is 1. The highest BCUT2D eigenvalue weighted by atomic mass is 35.5. The first-order valence-corrected chi connectivity index (χ1v) is 8.67. The van der Waals surface area contributed by atoms with Crippen LogP contribution in [0.4, 0.5) is 18.9 Å². The van der Waals surface area contributed by atoms with E-state index in [-0.39, 0.29) is 12.3 Å². The van der Waals surface area contributed by atoms with E-state index in [1.807, 2.05) is 6.92 Å². The molecule has 0 aromatic heterocycles. The van der Waals surface area contributed by atoms with Gasteiger partial charge in [0.2, 0.25) is 0 Å². The molecule has 0 saturated heterocycles. The molecule has 1 heterocycles. The quantitative estimate of drug-likeness (QED) is 0.434. The molecule has 1 amide bonds. The molecule has 146 valence electrons. The fraction of sp³-hybridized carbons (Fsp3) is 0.211. The van der Waals surface area contributed by atoms with E-state index in [9.17, 15) is 22.8 Å². The SMILES string of the molecule is Cc1ccc2c(c1)C(=NOC(=O)CCl)C(=O)N2Cc1cccc(C(F)(F)F)c1. The molecule has 0 fully saturated rings. The van der Waals surface area contributed by atoms with E-state index in [2.05, 4.69) is 9.99 Å². The number of amides is 1. The predicted octanol–water partition coefficient (Wildman–Crippen LogP) is 4.05. The van der Waals surface area contributed by atoms with Crippen molar-refractivity contribution in [3.63, 3.8) is 0 Å². The van der Waals surface area contributed by atoms with Gasteiger partial charge in [0.05, 0.1) is 17.8 Å².